The number of carboxylic acid groups (broad SMARTS) is 1. The highest BCUT2D eigenvalue weighted by Crippen LogP contribution is 2.37. The smallest absolute Gasteiger partial charge is 0.373 e. The zero-order chi connectivity index (χ0) is 22.0. The zero-order valence-electron chi connectivity index (χ0n) is 16.1. The molecule has 0 aliphatic rings. The van der Waals surface area contributed by atoms with Gasteiger partial charge in [0.1, 0.15) is 11.8 Å². The first-order chi connectivity index (χ1) is 14.9. The van der Waals surface area contributed by atoms with Gasteiger partial charge in [0.2, 0.25) is 5.82 Å². The Morgan fingerprint density at radius 1 is 1.10 bits per heavy atom. The van der Waals surface area contributed by atoms with E-state index in [1.54, 1.807) is 12.1 Å². The fourth-order valence-electron chi connectivity index (χ4n) is 2.93. The molecule has 10 heteroatoms. The van der Waals surface area contributed by atoms with E-state index in [2.05, 4.69) is 20.3 Å². The Kier molecular flexibility index (Phi) is 5.10. The third-order valence-electron chi connectivity index (χ3n) is 4.39. The molecule has 0 amide bonds. The Morgan fingerprint density at radius 2 is 1.87 bits per heavy atom. The third-order valence-corrected chi connectivity index (χ3v) is 4.39. The van der Waals surface area contributed by atoms with Gasteiger partial charge in [-0.05, 0) is 43.3 Å². The minimum absolute atomic E-state index is 0.0884. The van der Waals surface area contributed by atoms with E-state index in [1.165, 1.54) is 24.3 Å². The van der Waals surface area contributed by atoms with Crippen molar-refractivity contribution in [2.75, 3.05) is 5.32 Å². The fourth-order valence-corrected chi connectivity index (χ4v) is 2.93. The Hall–Kier alpha value is -4.60. The van der Waals surface area contributed by atoms with Gasteiger partial charge in [-0.1, -0.05) is 18.2 Å². The summed E-state index contributed by atoms with van der Waals surface area (Å²) in [6.45, 7) is 1.83. The van der Waals surface area contributed by atoms with Crippen LogP contribution in [0.25, 0.3) is 10.9 Å². The van der Waals surface area contributed by atoms with Crippen LogP contribution in [0, 0.1) is 17.0 Å². The number of nitro groups is 1. The van der Waals surface area contributed by atoms with Crippen molar-refractivity contribution in [3.8, 4) is 11.6 Å². The van der Waals surface area contributed by atoms with Crippen molar-refractivity contribution in [3.05, 3.63) is 82.3 Å². The minimum Gasteiger partial charge on any atom is -0.478 e. The maximum Gasteiger partial charge on any atom is 0.373 e. The number of carboxylic acids is 1. The molecule has 2 aromatic carbocycles. The Balaban J connectivity index is 1.72. The molecule has 4 rings (SSSR count). The number of carbonyl (C=O) groups is 1. The minimum atomic E-state index is -1.07. The lowest BCUT2D eigenvalue weighted by molar-refractivity contribution is -0.385. The summed E-state index contributed by atoms with van der Waals surface area (Å²) < 4.78 is 5.80. The number of anilines is 2. The van der Waals surface area contributed by atoms with Crippen molar-refractivity contribution in [1.82, 2.24) is 15.0 Å². The Bertz CT molecular complexity index is 1310. The van der Waals surface area contributed by atoms with Gasteiger partial charge in [0.05, 0.1) is 10.5 Å². The number of pyridine rings is 1. The van der Waals surface area contributed by atoms with Gasteiger partial charge in [-0.2, -0.15) is 4.98 Å². The summed E-state index contributed by atoms with van der Waals surface area (Å²) in [5.74, 6) is -1.10. The summed E-state index contributed by atoms with van der Waals surface area (Å²) >= 11 is 0. The molecule has 0 aliphatic heterocycles. The highest BCUT2D eigenvalue weighted by Gasteiger charge is 2.26. The normalized spacial score (nSPS) is 10.6. The molecule has 2 N–H and O–H groups in total. The number of nitrogens with zero attached hydrogens (tertiary/aromatic N) is 4. The van der Waals surface area contributed by atoms with Gasteiger partial charge >= 0.3 is 17.5 Å². The van der Waals surface area contributed by atoms with Crippen molar-refractivity contribution >= 4 is 34.1 Å². The van der Waals surface area contributed by atoms with Crippen LogP contribution in [0.5, 0.6) is 11.6 Å². The standard InChI is InChI=1S/C21H15N5O5/c1-12-5-6-13-3-2-4-16(17(13)24-12)31-20-18(26(29)30)19(22-11-23-20)25-15-9-7-14(8-10-15)21(27)28/h2-11H,1H3,(H,27,28)(H,22,23,25). The second-order valence-corrected chi connectivity index (χ2v) is 6.52. The monoisotopic (exact) mass is 417 g/mol. The van der Waals surface area contributed by atoms with Gasteiger partial charge in [-0.3, -0.25) is 10.1 Å². The zero-order valence-corrected chi connectivity index (χ0v) is 16.1. The van der Waals surface area contributed by atoms with E-state index in [0.29, 0.717) is 17.0 Å². The number of aromatic nitrogens is 3. The van der Waals surface area contributed by atoms with Crippen LogP contribution in [0.2, 0.25) is 0 Å². The van der Waals surface area contributed by atoms with Crippen LogP contribution >= 0.6 is 0 Å². The lowest BCUT2D eigenvalue weighted by atomic mass is 10.2. The van der Waals surface area contributed by atoms with Gasteiger partial charge in [-0.15, -0.1) is 0 Å². The van der Waals surface area contributed by atoms with Crippen LogP contribution in [0.1, 0.15) is 16.1 Å². The Morgan fingerprint density at radius 3 is 2.58 bits per heavy atom. The van der Waals surface area contributed by atoms with Crippen LogP contribution < -0.4 is 10.1 Å². The summed E-state index contributed by atoms with van der Waals surface area (Å²) in [7, 11) is 0. The predicted molar refractivity (Wildman–Crippen MR) is 112 cm³/mol. The van der Waals surface area contributed by atoms with Gasteiger partial charge < -0.3 is 15.2 Å². The molecule has 2 aromatic heterocycles. The molecule has 4 aromatic rings. The number of hydrogen-bond donors (Lipinski definition) is 2. The molecule has 0 atom stereocenters. The number of para-hydroxylation sites is 1. The summed E-state index contributed by atoms with van der Waals surface area (Å²) in [5, 5.41) is 24.4. The lowest BCUT2D eigenvalue weighted by Gasteiger charge is -2.11. The molecule has 0 spiro atoms. The third kappa shape index (κ3) is 4.08. The van der Waals surface area contributed by atoms with Gasteiger partial charge in [-0.25, -0.2) is 14.8 Å². The largest absolute Gasteiger partial charge is 0.478 e. The lowest BCUT2D eigenvalue weighted by Crippen LogP contribution is -2.04. The molecule has 0 aliphatic carbocycles. The van der Waals surface area contributed by atoms with E-state index in [4.69, 9.17) is 9.84 Å². The van der Waals surface area contributed by atoms with Crippen molar-refractivity contribution in [1.29, 1.82) is 0 Å². The topological polar surface area (TPSA) is 140 Å². The molecule has 10 nitrogen and oxygen atoms in total. The van der Waals surface area contributed by atoms with Crippen molar-refractivity contribution in [2.45, 2.75) is 6.92 Å². The second-order valence-electron chi connectivity index (χ2n) is 6.52. The van der Waals surface area contributed by atoms with Gasteiger partial charge in [0.25, 0.3) is 0 Å². The highest BCUT2D eigenvalue weighted by molar-refractivity contribution is 5.88. The molecule has 0 bridgehead atoms. The molecule has 0 radical (unpaired) electrons. The first-order valence-corrected chi connectivity index (χ1v) is 9.06. The SMILES string of the molecule is Cc1ccc2cccc(Oc3ncnc(Nc4ccc(C(=O)O)cc4)c3[N+](=O)[O-])c2n1. The number of ether oxygens (including phenoxy) is 1. The quantitative estimate of drug-likeness (QED) is 0.343. The van der Waals surface area contributed by atoms with Crippen molar-refractivity contribution in [2.24, 2.45) is 0 Å². The highest BCUT2D eigenvalue weighted by atomic mass is 16.6. The van der Waals surface area contributed by atoms with Crippen LogP contribution in [0.15, 0.2) is 60.9 Å². The average molecular weight is 417 g/mol. The average Bonchev–Trinajstić information content (AvgIpc) is 2.74. The number of nitrogens with one attached hydrogen (secondary N) is 1. The van der Waals surface area contributed by atoms with E-state index < -0.39 is 16.6 Å². The van der Waals surface area contributed by atoms with Gasteiger partial charge in [0, 0.05) is 16.8 Å². The molecule has 0 fully saturated rings. The first-order valence-electron chi connectivity index (χ1n) is 9.06. The molecule has 0 unspecified atom stereocenters. The van der Waals surface area contributed by atoms with E-state index in [0.717, 1.165) is 17.4 Å². The molecule has 154 valence electrons. The number of aromatic carboxylic acids is 1. The molecule has 0 saturated heterocycles. The molecular weight excluding hydrogens is 402 g/mol. The number of hydrogen-bond acceptors (Lipinski definition) is 8. The van der Waals surface area contributed by atoms with Crippen molar-refractivity contribution < 1.29 is 19.6 Å². The molecular formula is C21H15N5O5. The number of aryl methyl sites for hydroxylation is 1. The number of rotatable bonds is 6. The predicted octanol–water partition coefficient (Wildman–Crippen LogP) is 4.48. The fraction of sp³-hybridized carbons (Fsp3) is 0.0476. The summed E-state index contributed by atoms with van der Waals surface area (Å²) in [6, 6.07) is 14.7. The van der Waals surface area contributed by atoms with Crippen LogP contribution in [0.4, 0.5) is 17.2 Å². The van der Waals surface area contributed by atoms with E-state index in [9.17, 15) is 14.9 Å². The Labute approximate surface area is 175 Å². The van der Waals surface area contributed by atoms with Crippen LogP contribution in [-0.2, 0) is 0 Å². The molecule has 2 heterocycles. The van der Waals surface area contributed by atoms with E-state index >= 15 is 0 Å². The summed E-state index contributed by atoms with van der Waals surface area (Å²) in [5.41, 5.74) is 1.36. The second kappa shape index (κ2) is 8.03. The molecule has 0 saturated carbocycles. The maximum atomic E-state index is 11.8. The van der Waals surface area contributed by atoms with Gasteiger partial charge in [0.15, 0.2) is 5.75 Å². The number of benzene rings is 2. The maximum absolute atomic E-state index is 11.8. The first kappa shape index (κ1) is 19.7. The van der Waals surface area contributed by atoms with Crippen LogP contribution in [-0.4, -0.2) is 31.0 Å². The van der Waals surface area contributed by atoms with E-state index in [-0.39, 0.29) is 17.3 Å². The van der Waals surface area contributed by atoms with Crippen LogP contribution in [0.3, 0.4) is 0 Å². The number of fused-ring (bicyclic) bond motifs is 1. The summed E-state index contributed by atoms with van der Waals surface area (Å²) in [4.78, 5) is 34.5. The summed E-state index contributed by atoms with van der Waals surface area (Å²) in [6.07, 6.45) is 1.14. The molecule has 31 heavy (non-hydrogen) atoms. The van der Waals surface area contributed by atoms with E-state index in [1.807, 2.05) is 25.1 Å². The van der Waals surface area contributed by atoms with Crippen molar-refractivity contribution in [3.63, 3.8) is 0 Å².